The number of anilines is 1. The minimum absolute atomic E-state index is 0.109. The summed E-state index contributed by atoms with van der Waals surface area (Å²) in [6.45, 7) is 0.109. The maximum atomic E-state index is 12.0. The molecule has 0 bridgehead atoms. The van der Waals surface area contributed by atoms with Crippen LogP contribution in [0.5, 0.6) is 5.75 Å². The molecule has 98 valence electrons. The van der Waals surface area contributed by atoms with E-state index < -0.39 is 5.97 Å². The Kier molecular flexibility index (Phi) is 3.97. The lowest BCUT2D eigenvalue weighted by Gasteiger charge is -2.10. The molecule has 1 aromatic carbocycles. The van der Waals surface area contributed by atoms with Crippen LogP contribution >= 0.6 is 0 Å². The molecule has 0 amide bonds. The summed E-state index contributed by atoms with van der Waals surface area (Å²) in [5, 5.41) is 0. The molecule has 0 aliphatic heterocycles. The highest BCUT2D eigenvalue weighted by atomic mass is 16.5. The van der Waals surface area contributed by atoms with Crippen LogP contribution in [0.25, 0.3) is 0 Å². The summed E-state index contributed by atoms with van der Waals surface area (Å²) in [5.41, 5.74) is 7.11. The monoisotopic (exact) mass is 258 g/mol. The van der Waals surface area contributed by atoms with E-state index in [2.05, 4.69) is 4.98 Å². The highest BCUT2D eigenvalue weighted by Gasteiger charge is 2.15. The first-order valence-corrected chi connectivity index (χ1v) is 5.72. The summed E-state index contributed by atoms with van der Waals surface area (Å²) in [6, 6.07) is 10.4. The van der Waals surface area contributed by atoms with Crippen LogP contribution in [0.3, 0.4) is 0 Å². The van der Waals surface area contributed by atoms with Crippen LogP contribution < -0.4 is 10.5 Å². The van der Waals surface area contributed by atoms with E-state index in [1.54, 1.807) is 36.5 Å². The lowest BCUT2D eigenvalue weighted by molar-refractivity contribution is 0.0464. The van der Waals surface area contributed by atoms with Gasteiger partial charge in [-0.1, -0.05) is 12.1 Å². The molecule has 2 aromatic rings. The summed E-state index contributed by atoms with van der Waals surface area (Å²) in [6.07, 6.45) is 1.64. The molecular formula is C14H14N2O3. The van der Waals surface area contributed by atoms with E-state index in [0.717, 1.165) is 0 Å². The first-order valence-electron chi connectivity index (χ1n) is 5.72. The lowest BCUT2D eigenvalue weighted by Crippen LogP contribution is -2.09. The Bertz CT molecular complexity index is 570. The third-order valence-electron chi connectivity index (χ3n) is 2.55. The molecule has 2 N–H and O–H groups in total. The van der Waals surface area contributed by atoms with Crippen LogP contribution in [0.15, 0.2) is 42.6 Å². The van der Waals surface area contributed by atoms with Gasteiger partial charge in [0.2, 0.25) is 0 Å². The molecule has 0 radical (unpaired) electrons. The average molecular weight is 258 g/mol. The second-order valence-electron chi connectivity index (χ2n) is 3.83. The standard InChI is InChI=1S/C14H14N2O3/c1-18-13-11(6-4-7-12(13)15)14(17)19-9-10-5-2-3-8-16-10/h2-8H,9,15H2,1H3. The van der Waals surface area contributed by atoms with Crippen molar-refractivity contribution in [3.63, 3.8) is 0 Å². The van der Waals surface area contributed by atoms with Crippen molar-refractivity contribution >= 4 is 11.7 Å². The number of para-hydroxylation sites is 1. The molecule has 1 aromatic heterocycles. The van der Waals surface area contributed by atoms with Crippen LogP contribution in [-0.2, 0) is 11.3 Å². The van der Waals surface area contributed by atoms with Crippen LogP contribution in [0.1, 0.15) is 16.1 Å². The molecule has 0 spiro atoms. The highest BCUT2D eigenvalue weighted by molar-refractivity contribution is 5.94. The molecule has 5 heteroatoms. The molecule has 0 aliphatic rings. The van der Waals surface area contributed by atoms with Gasteiger partial charge in [-0.25, -0.2) is 4.79 Å². The minimum Gasteiger partial charge on any atom is -0.494 e. The van der Waals surface area contributed by atoms with Crippen molar-refractivity contribution in [1.82, 2.24) is 4.98 Å². The SMILES string of the molecule is COc1c(N)cccc1C(=O)OCc1ccccn1. The quantitative estimate of drug-likeness (QED) is 0.671. The third-order valence-corrected chi connectivity index (χ3v) is 2.55. The predicted molar refractivity (Wildman–Crippen MR) is 70.8 cm³/mol. The molecule has 0 fully saturated rings. The van der Waals surface area contributed by atoms with Gasteiger partial charge >= 0.3 is 5.97 Å². The van der Waals surface area contributed by atoms with Crippen molar-refractivity contribution in [1.29, 1.82) is 0 Å². The second kappa shape index (κ2) is 5.86. The van der Waals surface area contributed by atoms with Crippen molar-refractivity contribution in [3.8, 4) is 5.75 Å². The van der Waals surface area contributed by atoms with Gasteiger partial charge in [0, 0.05) is 6.20 Å². The van der Waals surface area contributed by atoms with Gasteiger partial charge < -0.3 is 15.2 Å². The number of carbonyl (C=O) groups is 1. The van der Waals surface area contributed by atoms with Gasteiger partial charge in [-0.15, -0.1) is 0 Å². The van der Waals surface area contributed by atoms with E-state index >= 15 is 0 Å². The zero-order chi connectivity index (χ0) is 13.7. The average Bonchev–Trinajstić information content (AvgIpc) is 2.45. The number of nitrogen functional groups attached to an aromatic ring is 1. The topological polar surface area (TPSA) is 74.4 Å². The zero-order valence-corrected chi connectivity index (χ0v) is 10.5. The zero-order valence-electron chi connectivity index (χ0n) is 10.5. The second-order valence-corrected chi connectivity index (χ2v) is 3.83. The maximum Gasteiger partial charge on any atom is 0.342 e. The molecule has 0 saturated heterocycles. The Hall–Kier alpha value is -2.56. The van der Waals surface area contributed by atoms with Crippen molar-refractivity contribution < 1.29 is 14.3 Å². The molecule has 2 rings (SSSR count). The van der Waals surface area contributed by atoms with Crippen molar-refractivity contribution in [3.05, 3.63) is 53.9 Å². The summed E-state index contributed by atoms with van der Waals surface area (Å²) in [4.78, 5) is 16.0. The van der Waals surface area contributed by atoms with E-state index in [-0.39, 0.29) is 6.61 Å². The van der Waals surface area contributed by atoms with Crippen molar-refractivity contribution in [2.24, 2.45) is 0 Å². The summed E-state index contributed by atoms with van der Waals surface area (Å²) in [5.74, 6) is -0.164. The highest BCUT2D eigenvalue weighted by Crippen LogP contribution is 2.26. The number of rotatable bonds is 4. The number of methoxy groups -OCH3 is 1. The largest absolute Gasteiger partial charge is 0.494 e. The van der Waals surface area contributed by atoms with E-state index in [0.29, 0.717) is 22.7 Å². The van der Waals surface area contributed by atoms with E-state index in [1.807, 2.05) is 6.07 Å². The van der Waals surface area contributed by atoms with Crippen LogP contribution in [0.2, 0.25) is 0 Å². The number of nitrogens with two attached hydrogens (primary N) is 1. The van der Waals surface area contributed by atoms with E-state index in [9.17, 15) is 4.79 Å². The molecule has 0 unspecified atom stereocenters. The fourth-order valence-electron chi connectivity index (χ4n) is 1.64. The Morgan fingerprint density at radius 3 is 2.79 bits per heavy atom. The van der Waals surface area contributed by atoms with Gasteiger partial charge in [0.15, 0.2) is 5.75 Å². The van der Waals surface area contributed by atoms with Crippen LogP contribution in [0, 0.1) is 0 Å². The number of hydrogen-bond donors (Lipinski definition) is 1. The molecule has 1 heterocycles. The number of hydrogen-bond acceptors (Lipinski definition) is 5. The smallest absolute Gasteiger partial charge is 0.342 e. The number of esters is 1. The molecular weight excluding hydrogens is 244 g/mol. The number of nitrogens with zero attached hydrogens (tertiary/aromatic N) is 1. The first kappa shape index (κ1) is 12.9. The number of carbonyl (C=O) groups excluding carboxylic acids is 1. The number of pyridine rings is 1. The molecule has 5 nitrogen and oxygen atoms in total. The molecule has 0 saturated carbocycles. The van der Waals surface area contributed by atoms with Crippen LogP contribution in [0.4, 0.5) is 5.69 Å². The van der Waals surface area contributed by atoms with Gasteiger partial charge in [-0.3, -0.25) is 4.98 Å². The Morgan fingerprint density at radius 2 is 2.11 bits per heavy atom. The minimum atomic E-state index is -0.491. The predicted octanol–water partition coefficient (Wildman–Crippen LogP) is 2.03. The van der Waals surface area contributed by atoms with Gasteiger partial charge in [0.25, 0.3) is 0 Å². The Balaban J connectivity index is 2.10. The van der Waals surface area contributed by atoms with Gasteiger partial charge in [0.05, 0.1) is 18.5 Å². The van der Waals surface area contributed by atoms with Crippen molar-refractivity contribution in [2.75, 3.05) is 12.8 Å². The lowest BCUT2D eigenvalue weighted by atomic mass is 10.2. The van der Waals surface area contributed by atoms with Crippen molar-refractivity contribution in [2.45, 2.75) is 6.61 Å². The first-order chi connectivity index (χ1) is 9.22. The number of ether oxygens (including phenoxy) is 2. The Labute approximate surface area is 111 Å². The molecule has 19 heavy (non-hydrogen) atoms. The summed E-state index contributed by atoms with van der Waals surface area (Å²) < 4.78 is 10.3. The van der Waals surface area contributed by atoms with E-state index in [4.69, 9.17) is 15.2 Å². The summed E-state index contributed by atoms with van der Waals surface area (Å²) >= 11 is 0. The third kappa shape index (κ3) is 3.01. The number of benzene rings is 1. The molecule has 0 aliphatic carbocycles. The van der Waals surface area contributed by atoms with Gasteiger partial charge in [0.1, 0.15) is 12.2 Å². The van der Waals surface area contributed by atoms with E-state index in [1.165, 1.54) is 7.11 Å². The normalized spacial score (nSPS) is 9.95. The Morgan fingerprint density at radius 1 is 1.26 bits per heavy atom. The maximum absolute atomic E-state index is 12.0. The fraction of sp³-hybridized carbons (Fsp3) is 0.143. The summed E-state index contributed by atoms with van der Waals surface area (Å²) in [7, 11) is 1.46. The van der Waals surface area contributed by atoms with Crippen LogP contribution in [-0.4, -0.2) is 18.1 Å². The molecule has 0 atom stereocenters. The fourth-order valence-corrected chi connectivity index (χ4v) is 1.64. The number of aromatic nitrogens is 1. The van der Waals surface area contributed by atoms with Gasteiger partial charge in [-0.2, -0.15) is 0 Å². The van der Waals surface area contributed by atoms with Gasteiger partial charge in [-0.05, 0) is 24.3 Å².